The van der Waals surface area contributed by atoms with Crippen LogP contribution in [0, 0.1) is 23.1 Å². The molecule has 1 atom stereocenters. The second kappa shape index (κ2) is 7.27. The molecule has 1 fully saturated rings. The standard InChI is InChI=1S/C21H18F4N4O/c1-20(11-26,14-4-6-15(22)7-5-14)12-30-16-8-9-29-17(10-13-2-3-13)27-28-19(29)18(16)21(23,24)25/h4-9,13H,2-3,10,12H2,1H3/t20-/m0/s1. The van der Waals surface area contributed by atoms with E-state index in [4.69, 9.17) is 4.74 Å². The molecule has 1 saturated carbocycles. The van der Waals surface area contributed by atoms with Crippen molar-refractivity contribution in [3.8, 4) is 11.8 Å². The van der Waals surface area contributed by atoms with E-state index in [0.29, 0.717) is 23.7 Å². The Hall–Kier alpha value is -3.15. The number of rotatable bonds is 6. The molecule has 1 aromatic carbocycles. The first-order valence-corrected chi connectivity index (χ1v) is 9.45. The van der Waals surface area contributed by atoms with Gasteiger partial charge in [-0.15, -0.1) is 10.2 Å². The van der Waals surface area contributed by atoms with Gasteiger partial charge in [0.2, 0.25) is 0 Å². The molecule has 0 unspecified atom stereocenters. The van der Waals surface area contributed by atoms with Gasteiger partial charge in [-0.2, -0.15) is 18.4 Å². The van der Waals surface area contributed by atoms with Crippen molar-refractivity contribution in [2.75, 3.05) is 6.61 Å². The van der Waals surface area contributed by atoms with Crippen LogP contribution in [0.1, 0.15) is 36.7 Å². The van der Waals surface area contributed by atoms with Crippen molar-refractivity contribution >= 4 is 5.65 Å². The number of ether oxygens (including phenoxy) is 1. The third kappa shape index (κ3) is 3.82. The summed E-state index contributed by atoms with van der Waals surface area (Å²) in [4.78, 5) is 0. The molecule has 5 nitrogen and oxygen atoms in total. The zero-order chi connectivity index (χ0) is 21.5. The van der Waals surface area contributed by atoms with Crippen molar-refractivity contribution in [1.29, 1.82) is 5.26 Å². The molecule has 0 N–H and O–H groups in total. The number of nitrogens with zero attached hydrogens (tertiary/aromatic N) is 4. The van der Waals surface area contributed by atoms with Gasteiger partial charge in [-0.1, -0.05) is 12.1 Å². The molecule has 156 valence electrons. The van der Waals surface area contributed by atoms with Gasteiger partial charge in [-0.25, -0.2) is 4.39 Å². The van der Waals surface area contributed by atoms with Crippen LogP contribution in [-0.2, 0) is 18.0 Å². The lowest BCUT2D eigenvalue weighted by Crippen LogP contribution is -2.29. The smallest absolute Gasteiger partial charge is 0.423 e. The van der Waals surface area contributed by atoms with Crippen LogP contribution in [0.15, 0.2) is 36.5 Å². The van der Waals surface area contributed by atoms with Crippen molar-refractivity contribution in [1.82, 2.24) is 14.6 Å². The van der Waals surface area contributed by atoms with E-state index in [-0.39, 0.29) is 12.3 Å². The van der Waals surface area contributed by atoms with Gasteiger partial charge < -0.3 is 4.74 Å². The quantitative estimate of drug-likeness (QED) is 0.545. The van der Waals surface area contributed by atoms with Gasteiger partial charge >= 0.3 is 6.18 Å². The number of aromatic nitrogens is 3. The van der Waals surface area contributed by atoms with Crippen molar-refractivity contribution in [3.05, 3.63) is 59.3 Å². The summed E-state index contributed by atoms with van der Waals surface area (Å²) < 4.78 is 61.6. The van der Waals surface area contributed by atoms with Crippen molar-refractivity contribution in [3.63, 3.8) is 0 Å². The summed E-state index contributed by atoms with van der Waals surface area (Å²) in [6.07, 6.45) is -0.605. The fourth-order valence-corrected chi connectivity index (χ4v) is 3.31. The molecule has 1 aliphatic carbocycles. The molecular formula is C21H18F4N4O. The molecule has 4 rings (SSSR count). The molecule has 2 aromatic heterocycles. The third-order valence-electron chi connectivity index (χ3n) is 5.31. The number of hydrogen-bond donors (Lipinski definition) is 0. The van der Waals surface area contributed by atoms with Crippen molar-refractivity contribution in [2.45, 2.75) is 37.8 Å². The van der Waals surface area contributed by atoms with Crippen LogP contribution in [0.25, 0.3) is 5.65 Å². The minimum absolute atomic E-state index is 0.323. The molecule has 1 aliphatic rings. The highest BCUT2D eigenvalue weighted by Crippen LogP contribution is 2.40. The van der Waals surface area contributed by atoms with Crippen LogP contribution in [0.3, 0.4) is 0 Å². The van der Waals surface area contributed by atoms with E-state index in [0.717, 1.165) is 12.8 Å². The van der Waals surface area contributed by atoms with E-state index in [1.54, 1.807) is 0 Å². The molecule has 0 aliphatic heterocycles. The van der Waals surface area contributed by atoms with Crippen LogP contribution < -0.4 is 4.74 Å². The topological polar surface area (TPSA) is 63.2 Å². The monoisotopic (exact) mass is 418 g/mol. The number of nitriles is 1. The Morgan fingerprint density at radius 1 is 1.17 bits per heavy atom. The maximum Gasteiger partial charge on any atom is 0.423 e. The summed E-state index contributed by atoms with van der Waals surface area (Å²) in [5.41, 5.74) is -2.18. The van der Waals surface area contributed by atoms with Gasteiger partial charge in [0.25, 0.3) is 0 Å². The number of fused-ring (bicyclic) bond motifs is 1. The maximum absolute atomic E-state index is 13.9. The Bertz CT molecular complexity index is 1110. The molecule has 3 aromatic rings. The second-order valence-corrected chi connectivity index (χ2v) is 7.75. The summed E-state index contributed by atoms with van der Waals surface area (Å²) in [6, 6.07) is 8.48. The fraction of sp³-hybridized carbons (Fsp3) is 0.381. The summed E-state index contributed by atoms with van der Waals surface area (Å²) in [5.74, 6) is 0.0231. The summed E-state index contributed by atoms with van der Waals surface area (Å²) >= 11 is 0. The van der Waals surface area contributed by atoms with E-state index in [9.17, 15) is 22.8 Å². The SMILES string of the molecule is C[C@](C#N)(COc1ccn2c(CC3CC3)nnc2c1C(F)(F)F)c1ccc(F)cc1. The highest BCUT2D eigenvalue weighted by Gasteiger charge is 2.40. The average Bonchev–Trinajstić information content (AvgIpc) is 3.44. The number of benzene rings is 1. The number of hydrogen-bond acceptors (Lipinski definition) is 4. The van der Waals surface area contributed by atoms with Gasteiger partial charge in [-0.05, 0) is 49.4 Å². The van der Waals surface area contributed by atoms with Crippen LogP contribution in [0.2, 0.25) is 0 Å². The summed E-state index contributed by atoms with van der Waals surface area (Å²) in [6.45, 7) is 1.17. The predicted molar refractivity (Wildman–Crippen MR) is 99.3 cm³/mol. The van der Waals surface area contributed by atoms with E-state index in [1.807, 2.05) is 0 Å². The largest absolute Gasteiger partial charge is 0.491 e. The first-order chi connectivity index (χ1) is 14.2. The number of pyridine rings is 1. The Morgan fingerprint density at radius 2 is 1.87 bits per heavy atom. The van der Waals surface area contributed by atoms with Crippen molar-refractivity contribution < 1.29 is 22.3 Å². The third-order valence-corrected chi connectivity index (χ3v) is 5.31. The van der Waals surface area contributed by atoms with Crippen molar-refractivity contribution in [2.24, 2.45) is 5.92 Å². The summed E-state index contributed by atoms with van der Waals surface area (Å²) in [7, 11) is 0. The van der Waals surface area contributed by atoms with Crippen LogP contribution >= 0.6 is 0 Å². The molecule has 30 heavy (non-hydrogen) atoms. The van der Waals surface area contributed by atoms with Gasteiger partial charge in [0.05, 0.1) is 6.07 Å². The minimum atomic E-state index is -4.72. The molecular weight excluding hydrogens is 400 g/mol. The zero-order valence-electron chi connectivity index (χ0n) is 16.1. The Morgan fingerprint density at radius 3 is 2.47 bits per heavy atom. The molecule has 0 radical (unpaired) electrons. The van der Waals surface area contributed by atoms with Gasteiger partial charge in [0.1, 0.15) is 35.0 Å². The minimum Gasteiger partial charge on any atom is -0.491 e. The molecule has 2 heterocycles. The zero-order valence-corrected chi connectivity index (χ0v) is 16.1. The highest BCUT2D eigenvalue weighted by atomic mass is 19.4. The molecule has 0 spiro atoms. The van der Waals surface area contributed by atoms with Gasteiger partial charge in [0, 0.05) is 12.6 Å². The lowest BCUT2D eigenvalue weighted by molar-refractivity contribution is -0.138. The van der Waals surface area contributed by atoms with Crippen LogP contribution in [0.5, 0.6) is 5.75 Å². The first-order valence-electron chi connectivity index (χ1n) is 9.45. The predicted octanol–water partition coefficient (Wildman–Crippen LogP) is 4.70. The lowest BCUT2D eigenvalue weighted by atomic mass is 9.85. The van der Waals surface area contributed by atoms with E-state index >= 15 is 0 Å². The fourth-order valence-electron chi connectivity index (χ4n) is 3.31. The van der Waals surface area contributed by atoms with Crippen LogP contribution in [0.4, 0.5) is 17.6 Å². The first kappa shape index (κ1) is 20.1. The Kier molecular flexibility index (Phi) is 4.88. The number of alkyl halides is 3. The van der Waals surface area contributed by atoms with Gasteiger partial charge in [-0.3, -0.25) is 4.40 Å². The van der Waals surface area contributed by atoms with Gasteiger partial charge in [0.15, 0.2) is 5.65 Å². The maximum atomic E-state index is 13.9. The summed E-state index contributed by atoms with van der Waals surface area (Å²) in [5, 5.41) is 17.3. The molecule has 9 heteroatoms. The van der Waals surface area contributed by atoms with E-state index in [1.165, 1.54) is 47.9 Å². The van der Waals surface area contributed by atoms with E-state index in [2.05, 4.69) is 16.3 Å². The Labute approximate surface area is 169 Å². The Balaban J connectivity index is 1.68. The highest BCUT2D eigenvalue weighted by molar-refractivity contribution is 5.57. The molecule has 0 bridgehead atoms. The lowest BCUT2D eigenvalue weighted by Gasteiger charge is -2.24. The molecule has 0 amide bonds. The number of halogens is 4. The van der Waals surface area contributed by atoms with E-state index < -0.39 is 28.7 Å². The average molecular weight is 418 g/mol. The normalized spacial score (nSPS) is 16.3. The second-order valence-electron chi connectivity index (χ2n) is 7.75. The molecule has 0 saturated heterocycles. The van der Waals surface area contributed by atoms with Crippen LogP contribution in [-0.4, -0.2) is 21.2 Å².